The topological polar surface area (TPSA) is 99.5 Å². The Morgan fingerprint density at radius 3 is 2.27 bits per heavy atom. The van der Waals surface area contributed by atoms with Gasteiger partial charge in [-0.1, -0.05) is 45.0 Å². The van der Waals surface area contributed by atoms with Gasteiger partial charge in [0.2, 0.25) is 0 Å². The van der Waals surface area contributed by atoms with Crippen LogP contribution >= 0.6 is 0 Å². The number of hydrogen-bond donors (Lipinski definition) is 1. The van der Waals surface area contributed by atoms with Crippen molar-refractivity contribution < 1.29 is 19.1 Å². The number of nitrogens with zero attached hydrogens (tertiary/aromatic N) is 2. The van der Waals surface area contributed by atoms with E-state index in [0.29, 0.717) is 22.3 Å². The van der Waals surface area contributed by atoms with E-state index in [2.05, 4.69) is 43.2 Å². The van der Waals surface area contributed by atoms with Crippen molar-refractivity contribution in [3.63, 3.8) is 0 Å². The predicted octanol–water partition coefficient (Wildman–Crippen LogP) is 5.06. The second-order valence-corrected chi connectivity index (χ2v) is 9.29. The second kappa shape index (κ2) is 11.1. The van der Waals surface area contributed by atoms with Gasteiger partial charge in [0.25, 0.3) is 11.5 Å². The summed E-state index contributed by atoms with van der Waals surface area (Å²) in [6.07, 6.45) is 2.33. The average Bonchev–Trinajstić information content (AvgIpc) is 2.91. The minimum atomic E-state index is -0.716. The Morgan fingerprint density at radius 2 is 1.59 bits per heavy atom. The number of anilines is 1. The zero-order valence-corrected chi connectivity index (χ0v) is 21.1. The smallest absolute Gasteiger partial charge is 0.326 e. The number of carbonyl (C=O) groups excluding carboxylic acids is 2. The van der Waals surface area contributed by atoms with Crippen molar-refractivity contribution in [1.29, 1.82) is 0 Å². The lowest BCUT2D eigenvalue weighted by Crippen LogP contribution is -2.28. The van der Waals surface area contributed by atoms with E-state index >= 15 is 0 Å². The number of nitrogens with one attached hydrogen (secondary N) is 1. The highest BCUT2D eigenvalue weighted by Gasteiger charge is 2.17. The first-order valence-corrected chi connectivity index (χ1v) is 12.0. The summed E-state index contributed by atoms with van der Waals surface area (Å²) in [7, 11) is 0. The summed E-state index contributed by atoms with van der Waals surface area (Å²) in [6.45, 7) is 5.77. The van der Waals surface area contributed by atoms with Crippen LogP contribution in [0.25, 0.3) is 10.9 Å². The molecule has 1 N–H and O–H groups in total. The Kier molecular flexibility index (Phi) is 7.67. The fraction of sp³-hybridized carbons (Fsp3) is 0.241. The summed E-state index contributed by atoms with van der Waals surface area (Å²) in [5.74, 6) is 0.132. The molecule has 4 aromatic rings. The molecule has 3 aromatic carbocycles. The fourth-order valence-electron chi connectivity index (χ4n) is 3.67. The number of carbonyl (C=O) groups is 2. The van der Waals surface area contributed by atoms with E-state index in [1.54, 1.807) is 48.5 Å². The highest BCUT2D eigenvalue weighted by Crippen LogP contribution is 2.29. The van der Waals surface area contributed by atoms with E-state index in [4.69, 9.17) is 9.47 Å². The van der Waals surface area contributed by atoms with Crippen molar-refractivity contribution in [2.24, 2.45) is 0 Å². The largest absolute Gasteiger partial charge is 0.457 e. The second-order valence-electron chi connectivity index (χ2n) is 9.29. The average molecular weight is 500 g/mol. The van der Waals surface area contributed by atoms with Gasteiger partial charge in [-0.05, 0) is 65.9 Å². The van der Waals surface area contributed by atoms with Crippen molar-refractivity contribution in [1.82, 2.24) is 9.55 Å². The van der Waals surface area contributed by atoms with Crippen LogP contribution in [0.2, 0.25) is 0 Å². The predicted molar refractivity (Wildman–Crippen MR) is 142 cm³/mol. The van der Waals surface area contributed by atoms with E-state index in [0.717, 1.165) is 16.7 Å². The normalized spacial score (nSPS) is 11.2. The molecule has 0 aliphatic carbocycles. The third-order valence-corrected chi connectivity index (χ3v) is 6.29. The molecule has 0 fully saturated rings. The quantitative estimate of drug-likeness (QED) is 0.323. The van der Waals surface area contributed by atoms with Crippen LogP contribution in [0, 0.1) is 0 Å². The van der Waals surface area contributed by atoms with Gasteiger partial charge in [-0.2, -0.15) is 0 Å². The third-order valence-electron chi connectivity index (χ3n) is 6.29. The van der Waals surface area contributed by atoms with Crippen molar-refractivity contribution in [3.05, 3.63) is 95.0 Å². The first-order chi connectivity index (χ1) is 17.7. The highest BCUT2D eigenvalue weighted by molar-refractivity contribution is 5.92. The Labute approximate surface area is 214 Å². The summed E-state index contributed by atoms with van der Waals surface area (Å²) in [5.41, 5.74) is 2.08. The van der Waals surface area contributed by atoms with E-state index in [1.165, 1.54) is 11.9 Å². The van der Waals surface area contributed by atoms with Crippen molar-refractivity contribution in [3.8, 4) is 11.5 Å². The van der Waals surface area contributed by atoms with Gasteiger partial charge in [-0.3, -0.25) is 19.0 Å². The molecule has 0 atom stereocenters. The Bertz CT molecular complexity index is 1460. The molecule has 37 heavy (non-hydrogen) atoms. The summed E-state index contributed by atoms with van der Waals surface area (Å²) < 4.78 is 12.1. The van der Waals surface area contributed by atoms with Crippen LogP contribution in [0.1, 0.15) is 32.8 Å². The van der Waals surface area contributed by atoms with Crippen molar-refractivity contribution in [2.45, 2.75) is 39.2 Å². The molecule has 1 heterocycles. The maximum atomic E-state index is 12.5. The Morgan fingerprint density at radius 1 is 0.946 bits per heavy atom. The molecule has 8 nitrogen and oxygen atoms in total. The molecular formula is C29H29N3O5. The molecule has 0 bridgehead atoms. The van der Waals surface area contributed by atoms with Crippen molar-refractivity contribution >= 4 is 28.5 Å². The molecule has 190 valence electrons. The maximum absolute atomic E-state index is 12.5. The molecule has 0 saturated carbocycles. The summed E-state index contributed by atoms with van der Waals surface area (Å²) >= 11 is 0. The lowest BCUT2D eigenvalue weighted by atomic mass is 9.82. The molecule has 0 saturated heterocycles. The van der Waals surface area contributed by atoms with E-state index in [-0.39, 0.29) is 17.5 Å². The zero-order chi connectivity index (χ0) is 26.4. The minimum Gasteiger partial charge on any atom is -0.457 e. The number of esters is 1. The molecule has 0 unspecified atom stereocenters. The summed E-state index contributed by atoms with van der Waals surface area (Å²) in [5, 5.41) is 3.07. The van der Waals surface area contributed by atoms with Crippen LogP contribution in [0.4, 0.5) is 5.69 Å². The van der Waals surface area contributed by atoms with Gasteiger partial charge < -0.3 is 14.8 Å². The molecule has 8 heteroatoms. The SMILES string of the molecule is CCC(C)(C)c1ccc(Oc2ccc(NC(=O)COC(=O)Cn3cnc4ccccc4c3=O)cc2)cc1. The van der Waals surface area contributed by atoms with Gasteiger partial charge in [0.15, 0.2) is 6.61 Å². The fourth-order valence-corrected chi connectivity index (χ4v) is 3.67. The lowest BCUT2D eigenvalue weighted by Gasteiger charge is -2.23. The van der Waals surface area contributed by atoms with Gasteiger partial charge in [-0.15, -0.1) is 0 Å². The first kappa shape index (κ1) is 25.6. The van der Waals surface area contributed by atoms with Crippen LogP contribution < -0.4 is 15.6 Å². The maximum Gasteiger partial charge on any atom is 0.326 e. The molecule has 1 aromatic heterocycles. The monoisotopic (exact) mass is 499 g/mol. The van der Waals surface area contributed by atoms with E-state index in [1.807, 2.05) is 12.1 Å². The highest BCUT2D eigenvalue weighted by atomic mass is 16.5. The number of benzene rings is 3. The number of hydrogen-bond acceptors (Lipinski definition) is 6. The number of rotatable bonds is 9. The number of aromatic nitrogens is 2. The number of para-hydroxylation sites is 1. The minimum absolute atomic E-state index is 0.109. The van der Waals surface area contributed by atoms with Gasteiger partial charge in [0, 0.05) is 5.69 Å². The summed E-state index contributed by atoms with van der Waals surface area (Å²) in [4.78, 5) is 41.0. The van der Waals surface area contributed by atoms with Gasteiger partial charge in [0.1, 0.15) is 18.0 Å². The first-order valence-electron chi connectivity index (χ1n) is 12.0. The van der Waals surface area contributed by atoms with Crippen molar-refractivity contribution in [2.75, 3.05) is 11.9 Å². The molecular weight excluding hydrogens is 470 g/mol. The van der Waals surface area contributed by atoms with E-state index < -0.39 is 18.5 Å². The van der Waals surface area contributed by atoms with Gasteiger partial charge in [0.05, 0.1) is 17.2 Å². The van der Waals surface area contributed by atoms with Gasteiger partial charge >= 0.3 is 5.97 Å². The zero-order valence-electron chi connectivity index (χ0n) is 21.1. The third kappa shape index (κ3) is 6.41. The molecule has 1 amide bonds. The van der Waals surface area contributed by atoms with Crippen LogP contribution in [0.15, 0.2) is 83.9 Å². The molecule has 0 spiro atoms. The molecule has 4 rings (SSSR count). The van der Waals surface area contributed by atoms with Crippen LogP contribution in [0.3, 0.4) is 0 Å². The Balaban J connectivity index is 1.26. The number of ether oxygens (including phenoxy) is 2. The van der Waals surface area contributed by atoms with Gasteiger partial charge in [-0.25, -0.2) is 4.98 Å². The number of fused-ring (bicyclic) bond motifs is 1. The van der Waals surface area contributed by atoms with Crippen LogP contribution in [-0.2, 0) is 26.3 Å². The Hall–Kier alpha value is -4.46. The molecule has 0 aliphatic rings. The standard InChI is InChI=1S/C29H29N3O5/c1-4-29(2,3)20-9-13-22(14-10-20)37-23-15-11-21(12-16-23)31-26(33)18-36-27(34)17-32-19-30-25-8-6-5-7-24(25)28(32)35/h5-16,19H,4,17-18H2,1-3H3,(H,31,33). The number of amides is 1. The van der Waals surface area contributed by atoms with Crippen LogP contribution in [-0.4, -0.2) is 28.0 Å². The molecule has 0 radical (unpaired) electrons. The summed E-state index contributed by atoms with van der Waals surface area (Å²) in [6, 6.07) is 21.8. The molecule has 0 aliphatic heterocycles. The van der Waals surface area contributed by atoms with E-state index in [9.17, 15) is 14.4 Å². The van der Waals surface area contributed by atoms with Crippen LogP contribution in [0.5, 0.6) is 11.5 Å². The lowest BCUT2D eigenvalue weighted by molar-refractivity contribution is -0.147.